The van der Waals surface area contributed by atoms with Crippen LogP contribution in [0.15, 0.2) is 48.7 Å². The number of aromatic nitrogens is 2. The van der Waals surface area contributed by atoms with Crippen molar-refractivity contribution in [3.8, 4) is 11.4 Å². The van der Waals surface area contributed by atoms with Crippen molar-refractivity contribution in [2.75, 3.05) is 13.7 Å². The third-order valence-electron chi connectivity index (χ3n) is 4.46. The van der Waals surface area contributed by atoms with Gasteiger partial charge >= 0.3 is 5.97 Å². The molecule has 0 aliphatic carbocycles. The SMILES string of the molecule is CCOC(=O)c1c(C)cnn1-c1ccc(CNC(=O)c2cc(F)ccc2OC)cc1. The maximum Gasteiger partial charge on any atom is 0.357 e. The molecular weight excluding hydrogens is 389 g/mol. The number of esters is 1. The van der Waals surface area contributed by atoms with Crippen molar-refractivity contribution in [3.05, 3.63) is 76.9 Å². The van der Waals surface area contributed by atoms with Gasteiger partial charge in [-0.1, -0.05) is 12.1 Å². The summed E-state index contributed by atoms with van der Waals surface area (Å²) in [5.74, 6) is -1.10. The quantitative estimate of drug-likeness (QED) is 0.603. The number of benzene rings is 2. The Hall–Kier alpha value is -3.68. The topological polar surface area (TPSA) is 82.5 Å². The minimum atomic E-state index is -0.516. The maximum atomic E-state index is 13.5. The minimum absolute atomic E-state index is 0.125. The van der Waals surface area contributed by atoms with E-state index < -0.39 is 17.7 Å². The first-order chi connectivity index (χ1) is 14.4. The van der Waals surface area contributed by atoms with Gasteiger partial charge in [-0.2, -0.15) is 5.10 Å². The predicted molar refractivity (Wildman–Crippen MR) is 108 cm³/mol. The summed E-state index contributed by atoms with van der Waals surface area (Å²) >= 11 is 0. The molecule has 2 aromatic carbocycles. The highest BCUT2D eigenvalue weighted by Crippen LogP contribution is 2.20. The Morgan fingerprint density at radius 3 is 2.57 bits per heavy atom. The van der Waals surface area contributed by atoms with Crippen LogP contribution in [0.25, 0.3) is 5.69 Å². The van der Waals surface area contributed by atoms with Gasteiger partial charge in [0.05, 0.1) is 31.2 Å². The molecule has 30 heavy (non-hydrogen) atoms. The molecule has 3 rings (SSSR count). The number of hydrogen-bond donors (Lipinski definition) is 1. The molecule has 0 unspecified atom stereocenters. The van der Waals surface area contributed by atoms with Crippen LogP contribution in [0, 0.1) is 12.7 Å². The van der Waals surface area contributed by atoms with Crippen LogP contribution in [0.5, 0.6) is 5.75 Å². The van der Waals surface area contributed by atoms with Crippen molar-refractivity contribution < 1.29 is 23.5 Å². The zero-order valence-electron chi connectivity index (χ0n) is 16.9. The number of ether oxygens (including phenoxy) is 2. The van der Waals surface area contributed by atoms with Crippen molar-refractivity contribution in [3.63, 3.8) is 0 Å². The number of carbonyl (C=O) groups is 2. The van der Waals surface area contributed by atoms with Crippen LogP contribution in [0.4, 0.5) is 4.39 Å². The largest absolute Gasteiger partial charge is 0.496 e. The second-order valence-corrected chi connectivity index (χ2v) is 6.50. The fourth-order valence-electron chi connectivity index (χ4n) is 2.96. The molecule has 0 aliphatic heterocycles. The fraction of sp³-hybridized carbons (Fsp3) is 0.227. The molecule has 1 aromatic heterocycles. The lowest BCUT2D eigenvalue weighted by molar-refractivity contribution is 0.0514. The first-order valence-electron chi connectivity index (χ1n) is 9.37. The Labute approximate surface area is 173 Å². The normalized spacial score (nSPS) is 10.5. The van der Waals surface area contributed by atoms with Crippen LogP contribution in [0.3, 0.4) is 0 Å². The first kappa shape index (κ1) is 21.0. The van der Waals surface area contributed by atoms with E-state index in [2.05, 4.69) is 10.4 Å². The van der Waals surface area contributed by atoms with Gasteiger partial charge in [0, 0.05) is 12.1 Å². The summed E-state index contributed by atoms with van der Waals surface area (Å²) in [4.78, 5) is 24.6. The molecule has 7 nitrogen and oxygen atoms in total. The Morgan fingerprint density at radius 2 is 1.90 bits per heavy atom. The lowest BCUT2D eigenvalue weighted by atomic mass is 10.1. The number of aryl methyl sites for hydroxylation is 1. The van der Waals surface area contributed by atoms with Crippen molar-refractivity contribution in [1.82, 2.24) is 15.1 Å². The molecule has 0 spiro atoms. The molecule has 0 bridgehead atoms. The average molecular weight is 411 g/mol. The molecular formula is C22H22FN3O4. The number of rotatable bonds is 7. The van der Waals surface area contributed by atoms with Gasteiger partial charge in [0.1, 0.15) is 11.6 Å². The van der Waals surface area contributed by atoms with Crippen molar-refractivity contribution in [1.29, 1.82) is 0 Å². The molecule has 1 N–H and O–H groups in total. The summed E-state index contributed by atoms with van der Waals surface area (Å²) in [6.07, 6.45) is 1.60. The van der Waals surface area contributed by atoms with Crippen molar-refractivity contribution in [2.45, 2.75) is 20.4 Å². The summed E-state index contributed by atoms with van der Waals surface area (Å²) in [6.45, 7) is 4.05. The van der Waals surface area contributed by atoms with Gasteiger partial charge in [-0.25, -0.2) is 13.9 Å². The molecule has 0 aliphatic rings. The number of methoxy groups -OCH3 is 1. The molecule has 0 saturated heterocycles. The highest BCUT2D eigenvalue weighted by Gasteiger charge is 2.18. The zero-order valence-corrected chi connectivity index (χ0v) is 16.9. The standard InChI is InChI=1S/C22H22FN3O4/c1-4-30-22(28)20-14(2)12-25-26(20)17-8-5-15(6-9-17)13-24-21(27)18-11-16(23)7-10-19(18)29-3/h5-12H,4,13H2,1-3H3,(H,24,27). The van der Waals surface area contributed by atoms with E-state index in [0.717, 1.165) is 11.6 Å². The highest BCUT2D eigenvalue weighted by molar-refractivity contribution is 5.96. The Morgan fingerprint density at radius 1 is 1.17 bits per heavy atom. The lowest BCUT2D eigenvalue weighted by Gasteiger charge is -2.11. The second kappa shape index (κ2) is 9.21. The van der Waals surface area contributed by atoms with Crippen molar-refractivity contribution in [2.24, 2.45) is 0 Å². The van der Waals surface area contributed by atoms with E-state index in [0.29, 0.717) is 22.7 Å². The van der Waals surface area contributed by atoms with E-state index in [1.165, 1.54) is 23.9 Å². The van der Waals surface area contributed by atoms with Gasteiger partial charge in [-0.3, -0.25) is 4.79 Å². The van der Waals surface area contributed by atoms with Gasteiger partial charge < -0.3 is 14.8 Å². The van der Waals surface area contributed by atoms with Crippen LogP contribution in [0.1, 0.15) is 38.9 Å². The van der Waals surface area contributed by atoms with E-state index >= 15 is 0 Å². The number of amides is 1. The van der Waals surface area contributed by atoms with Gasteiger partial charge in [-0.15, -0.1) is 0 Å². The first-order valence-corrected chi connectivity index (χ1v) is 9.37. The Bertz CT molecular complexity index is 1060. The van der Waals surface area contributed by atoms with Gasteiger partial charge in [0.2, 0.25) is 0 Å². The monoisotopic (exact) mass is 411 g/mol. The molecule has 0 radical (unpaired) electrons. The molecule has 1 heterocycles. The summed E-state index contributed by atoms with van der Waals surface area (Å²) < 4.78 is 25.2. The van der Waals surface area contributed by atoms with Crippen LogP contribution < -0.4 is 10.1 Å². The van der Waals surface area contributed by atoms with Crippen molar-refractivity contribution >= 4 is 11.9 Å². The maximum absolute atomic E-state index is 13.5. The molecule has 156 valence electrons. The summed E-state index contributed by atoms with van der Waals surface area (Å²) in [7, 11) is 1.42. The zero-order chi connectivity index (χ0) is 21.7. The summed E-state index contributed by atoms with van der Waals surface area (Å²) in [5.41, 5.74) is 2.72. The lowest BCUT2D eigenvalue weighted by Crippen LogP contribution is -2.23. The van der Waals surface area contributed by atoms with Crippen LogP contribution in [-0.2, 0) is 11.3 Å². The number of halogens is 1. The van der Waals surface area contributed by atoms with Crippen LogP contribution in [0.2, 0.25) is 0 Å². The molecule has 0 fully saturated rings. The van der Waals surface area contributed by atoms with E-state index in [1.54, 1.807) is 32.2 Å². The van der Waals surface area contributed by atoms with Gasteiger partial charge in [-0.05, 0) is 49.7 Å². The van der Waals surface area contributed by atoms with Crippen LogP contribution >= 0.6 is 0 Å². The number of hydrogen-bond acceptors (Lipinski definition) is 5. The van der Waals surface area contributed by atoms with Gasteiger partial charge in [0.15, 0.2) is 5.69 Å². The third kappa shape index (κ3) is 4.48. The average Bonchev–Trinajstić information content (AvgIpc) is 3.14. The third-order valence-corrected chi connectivity index (χ3v) is 4.46. The van der Waals surface area contributed by atoms with E-state index in [1.807, 2.05) is 12.1 Å². The van der Waals surface area contributed by atoms with Crippen LogP contribution in [-0.4, -0.2) is 35.4 Å². The summed E-state index contributed by atoms with van der Waals surface area (Å²) in [6, 6.07) is 11.0. The number of nitrogens with zero attached hydrogens (tertiary/aromatic N) is 2. The molecule has 1 amide bonds. The van der Waals surface area contributed by atoms with Gasteiger partial charge in [0.25, 0.3) is 5.91 Å². The fourth-order valence-corrected chi connectivity index (χ4v) is 2.96. The summed E-state index contributed by atoms with van der Waals surface area (Å²) in [5, 5.41) is 7.00. The van der Waals surface area contributed by atoms with E-state index in [-0.39, 0.29) is 18.7 Å². The molecule has 0 saturated carbocycles. The van der Waals surface area contributed by atoms with E-state index in [9.17, 15) is 14.0 Å². The Kier molecular flexibility index (Phi) is 6.46. The Balaban J connectivity index is 1.73. The number of nitrogens with one attached hydrogen (secondary N) is 1. The smallest absolute Gasteiger partial charge is 0.357 e. The van der Waals surface area contributed by atoms with E-state index in [4.69, 9.17) is 9.47 Å². The number of carbonyl (C=O) groups excluding carboxylic acids is 2. The highest BCUT2D eigenvalue weighted by atomic mass is 19.1. The molecule has 3 aromatic rings. The molecule has 8 heteroatoms. The second-order valence-electron chi connectivity index (χ2n) is 6.50. The minimum Gasteiger partial charge on any atom is -0.496 e. The molecule has 0 atom stereocenters. The predicted octanol–water partition coefficient (Wildman–Crippen LogP) is 3.44.